The normalized spacial score (nSPS) is 23.0. The number of hydrogen-bond acceptors (Lipinski definition) is 7. The molecule has 0 bridgehead atoms. The molecular formula is C24H24N4O3S. The minimum Gasteiger partial charge on any atom is -0.373 e. The third kappa shape index (κ3) is 3.12. The summed E-state index contributed by atoms with van der Waals surface area (Å²) in [6, 6.07) is 6.99. The smallest absolute Gasteiger partial charge is 0.261 e. The summed E-state index contributed by atoms with van der Waals surface area (Å²) >= 11 is 1.80. The van der Waals surface area contributed by atoms with Gasteiger partial charge in [-0.2, -0.15) is 0 Å². The van der Waals surface area contributed by atoms with Crippen molar-refractivity contribution in [2.75, 3.05) is 31.1 Å². The van der Waals surface area contributed by atoms with E-state index in [4.69, 9.17) is 4.74 Å². The number of rotatable bonds is 3. The molecule has 8 heteroatoms. The van der Waals surface area contributed by atoms with Gasteiger partial charge < -0.3 is 9.64 Å². The van der Waals surface area contributed by atoms with E-state index in [0.29, 0.717) is 30.2 Å². The lowest BCUT2D eigenvalue weighted by atomic mass is 9.89. The lowest BCUT2D eigenvalue weighted by Crippen LogP contribution is -2.49. The van der Waals surface area contributed by atoms with Crippen molar-refractivity contribution in [1.82, 2.24) is 14.9 Å². The average molecular weight is 449 g/mol. The van der Waals surface area contributed by atoms with Crippen molar-refractivity contribution in [2.24, 2.45) is 5.92 Å². The topological polar surface area (TPSA) is 75.6 Å². The van der Waals surface area contributed by atoms with Crippen LogP contribution < -0.4 is 4.90 Å². The van der Waals surface area contributed by atoms with Crippen molar-refractivity contribution in [2.45, 2.75) is 32.3 Å². The standard InChI is InChI=1S/C24H24N4O3S/c1-14-6-7-18-19(10-14)32-22-20(18)21(25-13-26-22)27-8-9-31-15(11-27)12-28-23(29)16-4-2-3-5-17(16)24(28)30/h2-5,13-15H,6-12H2,1H3/t14-,15+/m0/s1. The van der Waals surface area contributed by atoms with Crippen LogP contribution in [0.4, 0.5) is 5.82 Å². The zero-order chi connectivity index (χ0) is 21.8. The molecule has 2 atom stereocenters. The largest absolute Gasteiger partial charge is 0.373 e. The first kappa shape index (κ1) is 19.8. The van der Waals surface area contributed by atoms with E-state index in [1.54, 1.807) is 41.9 Å². The van der Waals surface area contributed by atoms with Crippen LogP contribution >= 0.6 is 11.3 Å². The molecule has 1 aliphatic carbocycles. The number of aromatic nitrogens is 2. The number of aryl methyl sites for hydroxylation is 1. The lowest BCUT2D eigenvalue weighted by molar-refractivity contribution is 0.0167. The number of nitrogens with zero attached hydrogens (tertiary/aromatic N) is 4. The number of carbonyl (C=O) groups excluding carboxylic acids is 2. The molecule has 0 radical (unpaired) electrons. The first-order chi connectivity index (χ1) is 15.6. The number of thiophene rings is 1. The van der Waals surface area contributed by atoms with Crippen molar-refractivity contribution in [1.29, 1.82) is 0 Å². The monoisotopic (exact) mass is 448 g/mol. The molecule has 164 valence electrons. The van der Waals surface area contributed by atoms with Gasteiger partial charge in [-0.3, -0.25) is 14.5 Å². The number of anilines is 1. The summed E-state index contributed by atoms with van der Waals surface area (Å²) in [7, 11) is 0. The minimum absolute atomic E-state index is 0.239. The average Bonchev–Trinajstić information content (AvgIpc) is 3.29. The van der Waals surface area contributed by atoms with E-state index in [1.165, 1.54) is 27.1 Å². The number of benzene rings is 1. The molecule has 0 spiro atoms. The second-order valence-electron chi connectivity index (χ2n) is 8.93. The SMILES string of the molecule is C[C@H]1CCc2c(sc3ncnc(N4CCO[C@@H](CN5C(=O)c6ccccc6C5=O)C4)c23)C1. The maximum absolute atomic E-state index is 12.8. The van der Waals surface area contributed by atoms with Gasteiger partial charge in [0, 0.05) is 18.0 Å². The van der Waals surface area contributed by atoms with Crippen LogP contribution in [0.5, 0.6) is 0 Å². The van der Waals surface area contributed by atoms with Crippen LogP contribution in [0.1, 0.15) is 44.5 Å². The van der Waals surface area contributed by atoms with E-state index in [2.05, 4.69) is 21.8 Å². The van der Waals surface area contributed by atoms with Crippen LogP contribution in [0.3, 0.4) is 0 Å². The van der Waals surface area contributed by atoms with Gasteiger partial charge in [-0.1, -0.05) is 19.1 Å². The number of imide groups is 1. The van der Waals surface area contributed by atoms with Gasteiger partial charge >= 0.3 is 0 Å². The van der Waals surface area contributed by atoms with Crippen molar-refractivity contribution >= 4 is 39.2 Å². The van der Waals surface area contributed by atoms with Crippen molar-refractivity contribution in [3.05, 3.63) is 52.2 Å². The Balaban J connectivity index is 1.26. The molecule has 0 unspecified atom stereocenters. The number of fused-ring (bicyclic) bond motifs is 4. The summed E-state index contributed by atoms with van der Waals surface area (Å²) in [4.78, 5) is 40.8. The van der Waals surface area contributed by atoms with Gasteiger partial charge in [0.05, 0.1) is 35.8 Å². The Kier molecular flexibility index (Phi) is 4.73. The molecule has 2 amide bonds. The summed E-state index contributed by atoms with van der Waals surface area (Å²) in [6.45, 7) is 4.40. The van der Waals surface area contributed by atoms with Crippen LogP contribution in [-0.4, -0.2) is 59.0 Å². The molecule has 1 saturated heterocycles. The van der Waals surface area contributed by atoms with Crippen LogP contribution in [0.15, 0.2) is 30.6 Å². The van der Waals surface area contributed by atoms with Gasteiger partial charge in [0.15, 0.2) is 0 Å². The van der Waals surface area contributed by atoms with Crippen molar-refractivity contribution in [3.8, 4) is 0 Å². The number of ether oxygens (including phenoxy) is 1. The van der Waals surface area contributed by atoms with Gasteiger partial charge in [-0.15, -0.1) is 11.3 Å². The summed E-state index contributed by atoms with van der Waals surface area (Å²) in [6.07, 6.45) is 4.77. The van der Waals surface area contributed by atoms with Gasteiger partial charge in [-0.25, -0.2) is 9.97 Å². The van der Waals surface area contributed by atoms with Gasteiger partial charge in [0.25, 0.3) is 11.8 Å². The number of carbonyl (C=O) groups is 2. The molecule has 1 aromatic carbocycles. The van der Waals surface area contributed by atoms with E-state index in [-0.39, 0.29) is 24.5 Å². The zero-order valence-electron chi connectivity index (χ0n) is 17.9. The van der Waals surface area contributed by atoms with E-state index in [0.717, 1.165) is 30.0 Å². The predicted molar refractivity (Wildman–Crippen MR) is 122 cm³/mol. The molecule has 7 nitrogen and oxygen atoms in total. The molecule has 32 heavy (non-hydrogen) atoms. The fourth-order valence-electron chi connectivity index (χ4n) is 5.13. The first-order valence-corrected chi connectivity index (χ1v) is 12.0. The Morgan fingerprint density at radius 1 is 1.16 bits per heavy atom. The molecule has 6 rings (SSSR count). The maximum Gasteiger partial charge on any atom is 0.261 e. The summed E-state index contributed by atoms with van der Waals surface area (Å²) < 4.78 is 5.98. The van der Waals surface area contributed by atoms with E-state index < -0.39 is 0 Å². The van der Waals surface area contributed by atoms with Gasteiger partial charge in [0.1, 0.15) is 17.0 Å². The van der Waals surface area contributed by atoms with Gasteiger partial charge in [-0.05, 0) is 42.9 Å². The highest BCUT2D eigenvalue weighted by atomic mass is 32.1. The lowest BCUT2D eigenvalue weighted by Gasteiger charge is -2.35. The number of morpholine rings is 1. The molecule has 1 fully saturated rings. The third-order valence-corrected chi connectivity index (χ3v) is 7.94. The highest BCUT2D eigenvalue weighted by Gasteiger charge is 2.38. The van der Waals surface area contributed by atoms with Crippen LogP contribution in [0, 0.1) is 5.92 Å². The molecule has 2 aliphatic heterocycles. The highest BCUT2D eigenvalue weighted by molar-refractivity contribution is 7.19. The van der Waals surface area contributed by atoms with Crippen molar-refractivity contribution < 1.29 is 14.3 Å². The quantitative estimate of drug-likeness (QED) is 0.572. The second-order valence-corrected chi connectivity index (χ2v) is 10.0. The van der Waals surface area contributed by atoms with E-state index >= 15 is 0 Å². The summed E-state index contributed by atoms with van der Waals surface area (Å²) in [5, 5.41) is 1.18. The Morgan fingerprint density at radius 2 is 1.94 bits per heavy atom. The fourth-order valence-corrected chi connectivity index (χ4v) is 6.47. The first-order valence-electron chi connectivity index (χ1n) is 11.2. The maximum atomic E-state index is 12.8. The molecular weight excluding hydrogens is 424 g/mol. The Labute approximate surface area is 190 Å². The second kappa shape index (κ2) is 7.64. The fraction of sp³-hybridized carbons (Fsp3) is 0.417. The molecule has 3 aromatic rings. The Bertz CT molecular complexity index is 1200. The molecule has 3 aliphatic rings. The highest BCUT2D eigenvalue weighted by Crippen LogP contribution is 2.41. The predicted octanol–water partition coefficient (Wildman–Crippen LogP) is 3.32. The Hall–Kier alpha value is -2.84. The van der Waals surface area contributed by atoms with Crippen LogP contribution in [0.25, 0.3) is 10.2 Å². The minimum atomic E-state index is -0.259. The van der Waals surface area contributed by atoms with E-state index in [9.17, 15) is 9.59 Å². The van der Waals surface area contributed by atoms with Gasteiger partial charge in [0.2, 0.25) is 0 Å². The van der Waals surface area contributed by atoms with Crippen molar-refractivity contribution in [3.63, 3.8) is 0 Å². The van der Waals surface area contributed by atoms with Crippen LogP contribution in [-0.2, 0) is 17.6 Å². The molecule has 2 aromatic heterocycles. The molecule has 0 N–H and O–H groups in total. The number of hydrogen-bond donors (Lipinski definition) is 0. The molecule has 4 heterocycles. The number of amides is 2. The zero-order valence-corrected chi connectivity index (χ0v) is 18.7. The summed E-state index contributed by atoms with van der Waals surface area (Å²) in [5.41, 5.74) is 2.35. The van der Waals surface area contributed by atoms with Crippen LogP contribution in [0.2, 0.25) is 0 Å². The van der Waals surface area contributed by atoms with E-state index in [1.807, 2.05) is 0 Å². The third-order valence-electron chi connectivity index (χ3n) is 6.77. The summed E-state index contributed by atoms with van der Waals surface area (Å²) in [5.74, 6) is 1.19. The Morgan fingerprint density at radius 3 is 2.72 bits per heavy atom. The molecule has 0 saturated carbocycles.